The van der Waals surface area contributed by atoms with Gasteiger partial charge in [0.15, 0.2) is 0 Å². The van der Waals surface area contributed by atoms with Crippen molar-refractivity contribution in [1.29, 1.82) is 0 Å². The van der Waals surface area contributed by atoms with Crippen LogP contribution in [-0.2, 0) is 11.3 Å². The molecule has 3 rings (SSSR count). The van der Waals surface area contributed by atoms with E-state index in [0.717, 1.165) is 5.75 Å². The van der Waals surface area contributed by atoms with Gasteiger partial charge in [0.25, 0.3) is 5.56 Å². The minimum atomic E-state index is -0.179. The second-order valence-corrected chi connectivity index (χ2v) is 5.98. The molecular weight excluding hydrogens is 332 g/mol. The Hall–Kier alpha value is -3.19. The molecule has 3 aromatic rings. The standard InChI is InChI=1S/C19H20N4O3/c1-23(12-18(24)20-13-7-9-14(26-2)10-8-13)11-17-21-16-6-4-3-5-15(16)19(25)22-17/h3-10H,11-12H2,1-2H3,(H,20,24)(H,21,22,25). The van der Waals surface area contributed by atoms with Crippen LogP contribution in [0.15, 0.2) is 53.3 Å². The largest absolute Gasteiger partial charge is 0.497 e. The summed E-state index contributed by atoms with van der Waals surface area (Å²) in [5.41, 5.74) is 1.16. The Bertz CT molecular complexity index is 966. The van der Waals surface area contributed by atoms with Crippen molar-refractivity contribution in [1.82, 2.24) is 14.9 Å². The molecule has 1 aromatic heterocycles. The van der Waals surface area contributed by atoms with Crippen LogP contribution >= 0.6 is 0 Å². The number of fused-ring (bicyclic) bond motifs is 1. The molecule has 7 nitrogen and oxygen atoms in total. The molecule has 2 N–H and O–H groups in total. The van der Waals surface area contributed by atoms with Crippen molar-refractivity contribution in [3.63, 3.8) is 0 Å². The first kappa shape index (κ1) is 17.6. The maximum Gasteiger partial charge on any atom is 0.258 e. The van der Waals surface area contributed by atoms with E-state index in [2.05, 4.69) is 15.3 Å². The average Bonchev–Trinajstić information content (AvgIpc) is 2.62. The number of carbonyl (C=O) groups is 1. The summed E-state index contributed by atoms with van der Waals surface area (Å²) >= 11 is 0. The van der Waals surface area contributed by atoms with Gasteiger partial charge in [-0.25, -0.2) is 4.98 Å². The average molecular weight is 352 g/mol. The van der Waals surface area contributed by atoms with Crippen molar-refractivity contribution < 1.29 is 9.53 Å². The molecule has 134 valence electrons. The number of aromatic nitrogens is 2. The molecule has 0 aliphatic heterocycles. The third-order valence-corrected chi connectivity index (χ3v) is 3.87. The van der Waals surface area contributed by atoms with E-state index in [0.29, 0.717) is 29.0 Å². The van der Waals surface area contributed by atoms with Gasteiger partial charge in [-0.15, -0.1) is 0 Å². The summed E-state index contributed by atoms with van der Waals surface area (Å²) in [6.07, 6.45) is 0. The SMILES string of the molecule is COc1ccc(NC(=O)CN(C)Cc2nc3ccccc3c(=O)[nH]2)cc1. The zero-order chi connectivity index (χ0) is 18.5. The fraction of sp³-hybridized carbons (Fsp3) is 0.211. The van der Waals surface area contributed by atoms with Gasteiger partial charge < -0.3 is 15.0 Å². The Morgan fingerprint density at radius 2 is 1.92 bits per heavy atom. The van der Waals surface area contributed by atoms with Gasteiger partial charge in [-0.2, -0.15) is 0 Å². The van der Waals surface area contributed by atoms with E-state index in [9.17, 15) is 9.59 Å². The van der Waals surface area contributed by atoms with Crippen molar-refractivity contribution >= 4 is 22.5 Å². The van der Waals surface area contributed by atoms with E-state index >= 15 is 0 Å². The summed E-state index contributed by atoms with van der Waals surface area (Å²) in [6, 6.07) is 14.3. The van der Waals surface area contributed by atoms with Crippen LogP contribution in [0.1, 0.15) is 5.82 Å². The van der Waals surface area contributed by atoms with Crippen molar-refractivity contribution in [3.05, 3.63) is 64.7 Å². The van der Waals surface area contributed by atoms with Crippen LogP contribution < -0.4 is 15.6 Å². The van der Waals surface area contributed by atoms with Gasteiger partial charge in [0.05, 0.1) is 31.1 Å². The highest BCUT2D eigenvalue weighted by Gasteiger charge is 2.10. The zero-order valence-electron chi connectivity index (χ0n) is 14.7. The Kier molecular flexibility index (Phi) is 5.28. The molecule has 0 saturated carbocycles. The number of nitrogens with one attached hydrogen (secondary N) is 2. The number of para-hydroxylation sites is 1. The molecule has 0 saturated heterocycles. The molecule has 0 spiro atoms. The number of H-pyrrole nitrogens is 1. The summed E-state index contributed by atoms with van der Waals surface area (Å²) in [6.45, 7) is 0.526. The Balaban J connectivity index is 1.62. The maximum absolute atomic E-state index is 12.2. The van der Waals surface area contributed by atoms with Crippen molar-refractivity contribution in [2.45, 2.75) is 6.54 Å². The van der Waals surface area contributed by atoms with Gasteiger partial charge in [0.1, 0.15) is 11.6 Å². The highest BCUT2D eigenvalue weighted by molar-refractivity contribution is 5.92. The van der Waals surface area contributed by atoms with Crippen molar-refractivity contribution in [2.75, 3.05) is 26.0 Å². The normalized spacial score (nSPS) is 10.9. The van der Waals surface area contributed by atoms with Crippen LogP contribution in [0.4, 0.5) is 5.69 Å². The number of methoxy groups -OCH3 is 1. The predicted octanol–water partition coefficient (Wildman–Crippen LogP) is 2.00. The summed E-state index contributed by atoms with van der Waals surface area (Å²) in [7, 11) is 3.39. The highest BCUT2D eigenvalue weighted by atomic mass is 16.5. The summed E-state index contributed by atoms with van der Waals surface area (Å²) in [5, 5.41) is 3.37. The smallest absolute Gasteiger partial charge is 0.258 e. The number of likely N-dealkylation sites (N-methyl/N-ethyl adjacent to an activating group) is 1. The lowest BCUT2D eigenvalue weighted by Gasteiger charge is -2.16. The molecule has 0 fully saturated rings. The molecule has 7 heteroatoms. The first-order valence-corrected chi connectivity index (χ1v) is 8.15. The number of hydrogen-bond acceptors (Lipinski definition) is 5. The quantitative estimate of drug-likeness (QED) is 0.708. The lowest BCUT2D eigenvalue weighted by molar-refractivity contribution is -0.117. The third-order valence-electron chi connectivity index (χ3n) is 3.87. The number of nitrogens with zero attached hydrogens (tertiary/aromatic N) is 2. The first-order valence-electron chi connectivity index (χ1n) is 8.15. The topological polar surface area (TPSA) is 87.3 Å². The molecule has 0 unspecified atom stereocenters. The van der Waals surface area contributed by atoms with E-state index < -0.39 is 0 Å². The lowest BCUT2D eigenvalue weighted by Crippen LogP contribution is -2.31. The van der Waals surface area contributed by atoms with E-state index in [1.165, 1.54) is 0 Å². The second kappa shape index (κ2) is 7.79. The monoisotopic (exact) mass is 352 g/mol. The van der Waals surface area contributed by atoms with E-state index in [-0.39, 0.29) is 18.0 Å². The number of carbonyl (C=O) groups excluding carboxylic acids is 1. The van der Waals surface area contributed by atoms with Gasteiger partial charge >= 0.3 is 0 Å². The number of ether oxygens (including phenoxy) is 1. The number of aromatic amines is 1. The van der Waals surface area contributed by atoms with Gasteiger partial charge in [0.2, 0.25) is 5.91 Å². The molecule has 0 atom stereocenters. The van der Waals surface area contributed by atoms with Gasteiger partial charge in [-0.3, -0.25) is 14.5 Å². The molecular formula is C19H20N4O3. The molecule has 0 radical (unpaired) electrons. The van der Waals surface area contributed by atoms with Crippen molar-refractivity contribution in [3.8, 4) is 5.75 Å². The maximum atomic E-state index is 12.2. The summed E-state index contributed by atoms with van der Waals surface area (Å²) in [5.74, 6) is 1.10. The molecule has 26 heavy (non-hydrogen) atoms. The Morgan fingerprint density at radius 3 is 2.65 bits per heavy atom. The second-order valence-electron chi connectivity index (χ2n) is 5.98. The molecule has 0 bridgehead atoms. The van der Waals surface area contributed by atoms with Gasteiger partial charge in [-0.05, 0) is 43.4 Å². The molecule has 1 heterocycles. The Labute approximate surface area is 150 Å². The fourth-order valence-corrected chi connectivity index (χ4v) is 2.64. The van der Waals surface area contributed by atoms with E-state index in [1.807, 2.05) is 6.07 Å². The third kappa shape index (κ3) is 4.25. The molecule has 2 aromatic carbocycles. The minimum Gasteiger partial charge on any atom is -0.497 e. The molecule has 0 aliphatic rings. The zero-order valence-corrected chi connectivity index (χ0v) is 14.7. The lowest BCUT2D eigenvalue weighted by atomic mass is 10.2. The fourth-order valence-electron chi connectivity index (χ4n) is 2.64. The van der Waals surface area contributed by atoms with Crippen molar-refractivity contribution in [2.24, 2.45) is 0 Å². The number of anilines is 1. The van der Waals surface area contributed by atoms with Gasteiger partial charge in [-0.1, -0.05) is 12.1 Å². The number of amides is 1. The van der Waals surface area contributed by atoms with Crippen LogP contribution in [-0.4, -0.2) is 41.5 Å². The Morgan fingerprint density at radius 1 is 1.19 bits per heavy atom. The van der Waals surface area contributed by atoms with E-state index in [4.69, 9.17) is 4.74 Å². The minimum absolute atomic E-state index is 0.152. The van der Waals surface area contributed by atoms with Crippen LogP contribution in [0.25, 0.3) is 10.9 Å². The van der Waals surface area contributed by atoms with Crippen LogP contribution in [0.3, 0.4) is 0 Å². The highest BCUT2D eigenvalue weighted by Crippen LogP contribution is 2.15. The molecule has 1 amide bonds. The predicted molar refractivity (Wildman–Crippen MR) is 100 cm³/mol. The number of hydrogen-bond donors (Lipinski definition) is 2. The van der Waals surface area contributed by atoms with Crippen LogP contribution in [0.2, 0.25) is 0 Å². The van der Waals surface area contributed by atoms with E-state index in [1.54, 1.807) is 61.5 Å². The van der Waals surface area contributed by atoms with Crippen LogP contribution in [0, 0.1) is 0 Å². The summed E-state index contributed by atoms with van der Waals surface area (Å²) in [4.78, 5) is 33.3. The molecule has 0 aliphatic carbocycles. The number of rotatable bonds is 6. The first-order chi connectivity index (χ1) is 12.5. The van der Waals surface area contributed by atoms with Crippen LogP contribution in [0.5, 0.6) is 5.75 Å². The van der Waals surface area contributed by atoms with Gasteiger partial charge in [0, 0.05) is 5.69 Å². The summed E-state index contributed by atoms with van der Waals surface area (Å²) < 4.78 is 5.09. The number of benzene rings is 2.